The van der Waals surface area contributed by atoms with Crippen molar-refractivity contribution >= 4 is 11.4 Å². The number of nitrogens with two attached hydrogens (primary N) is 1. The molecule has 0 radical (unpaired) electrons. The van der Waals surface area contributed by atoms with Crippen molar-refractivity contribution in [3.05, 3.63) is 23.8 Å². The highest BCUT2D eigenvalue weighted by Crippen LogP contribution is 2.32. The van der Waals surface area contributed by atoms with Crippen LogP contribution in [0.3, 0.4) is 0 Å². The Labute approximate surface area is 94.9 Å². The molecule has 1 aromatic rings. The fraction of sp³-hybridized carbons (Fsp3) is 0.417. The first-order valence-electron chi connectivity index (χ1n) is 5.43. The summed E-state index contributed by atoms with van der Waals surface area (Å²) in [5.41, 5.74) is 7.66. The lowest BCUT2D eigenvalue weighted by Crippen LogP contribution is -2.28. The van der Waals surface area contributed by atoms with Crippen molar-refractivity contribution in [3.63, 3.8) is 0 Å². The smallest absolute Gasteiger partial charge is 0.101 e. The maximum Gasteiger partial charge on any atom is 0.101 e. The van der Waals surface area contributed by atoms with Gasteiger partial charge in [-0.1, -0.05) is 0 Å². The Hall–Kier alpha value is -1.73. The highest BCUT2D eigenvalue weighted by Gasteiger charge is 2.28. The van der Waals surface area contributed by atoms with Gasteiger partial charge in [-0.2, -0.15) is 5.26 Å². The van der Waals surface area contributed by atoms with Gasteiger partial charge in [0.1, 0.15) is 6.07 Å². The number of anilines is 2. The molecule has 1 aromatic carbocycles. The minimum Gasteiger partial charge on any atom is -0.398 e. The van der Waals surface area contributed by atoms with E-state index in [1.807, 2.05) is 6.07 Å². The molecule has 3 N–H and O–H groups in total. The van der Waals surface area contributed by atoms with Crippen molar-refractivity contribution < 1.29 is 5.11 Å². The number of hydrogen-bond acceptors (Lipinski definition) is 4. The van der Waals surface area contributed by atoms with Crippen LogP contribution >= 0.6 is 0 Å². The molecule has 4 heteroatoms. The molecule has 0 atom stereocenters. The maximum absolute atomic E-state index is 9.02. The van der Waals surface area contributed by atoms with E-state index in [-0.39, 0.29) is 6.61 Å². The van der Waals surface area contributed by atoms with Crippen molar-refractivity contribution in [2.24, 2.45) is 0 Å². The Balaban J connectivity index is 2.27. The van der Waals surface area contributed by atoms with Crippen LogP contribution in [0.2, 0.25) is 0 Å². The van der Waals surface area contributed by atoms with E-state index in [2.05, 4.69) is 11.0 Å². The lowest BCUT2D eigenvalue weighted by molar-refractivity contribution is 0.301. The van der Waals surface area contributed by atoms with Crippen LogP contribution in [0, 0.1) is 11.3 Å². The van der Waals surface area contributed by atoms with E-state index >= 15 is 0 Å². The normalized spacial score (nSPS) is 14.5. The molecule has 0 aliphatic heterocycles. The molecule has 0 heterocycles. The zero-order chi connectivity index (χ0) is 11.5. The van der Waals surface area contributed by atoms with Gasteiger partial charge in [-0.05, 0) is 31.0 Å². The van der Waals surface area contributed by atoms with Crippen LogP contribution in [0.15, 0.2) is 18.2 Å². The van der Waals surface area contributed by atoms with Crippen molar-refractivity contribution in [2.75, 3.05) is 23.8 Å². The molecule has 4 nitrogen and oxygen atoms in total. The molecule has 0 amide bonds. The number of rotatable bonds is 4. The summed E-state index contributed by atoms with van der Waals surface area (Å²) in [7, 11) is 0. The molecule has 0 spiro atoms. The summed E-state index contributed by atoms with van der Waals surface area (Å²) in [6.45, 7) is 0.738. The van der Waals surface area contributed by atoms with Crippen LogP contribution in [0.5, 0.6) is 0 Å². The second-order valence-corrected chi connectivity index (χ2v) is 4.03. The first-order chi connectivity index (χ1) is 7.76. The molecule has 0 bridgehead atoms. The third kappa shape index (κ3) is 2.10. The highest BCUT2D eigenvalue weighted by molar-refractivity contribution is 5.63. The van der Waals surface area contributed by atoms with Gasteiger partial charge < -0.3 is 15.7 Å². The summed E-state index contributed by atoms with van der Waals surface area (Å²) < 4.78 is 0. The number of hydrogen-bond donors (Lipinski definition) is 2. The van der Waals surface area contributed by atoms with Gasteiger partial charge in [0.05, 0.1) is 12.2 Å². The van der Waals surface area contributed by atoms with Gasteiger partial charge in [0.25, 0.3) is 0 Å². The number of nitriles is 1. The second kappa shape index (κ2) is 4.42. The summed E-state index contributed by atoms with van der Waals surface area (Å²) in [5.74, 6) is 0. The summed E-state index contributed by atoms with van der Waals surface area (Å²) in [4.78, 5) is 2.14. The third-order valence-electron chi connectivity index (χ3n) is 2.82. The fourth-order valence-corrected chi connectivity index (χ4v) is 1.84. The lowest BCUT2D eigenvalue weighted by atomic mass is 10.1. The van der Waals surface area contributed by atoms with Crippen LogP contribution in [-0.4, -0.2) is 24.3 Å². The van der Waals surface area contributed by atoms with Crippen LogP contribution in [-0.2, 0) is 0 Å². The number of nitrogens with zero attached hydrogens (tertiary/aromatic N) is 2. The van der Waals surface area contributed by atoms with Crippen LogP contribution in [0.25, 0.3) is 0 Å². The molecule has 0 saturated heterocycles. The van der Waals surface area contributed by atoms with Gasteiger partial charge in [0.2, 0.25) is 0 Å². The van der Waals surface area contributed by atoms with Crippen LogP contribution < -0.4 is 10.6 Å². The van der Waals surface area contributed by atoms with Crippen molar-refractivity contribution in [1.82, 2.24) is 0 Å². The number of nitrogen functional groups attached to an aromatic ring is 1. The maximum atomic E-state index is 9.02. The standard InChI is InChI=1S/C12H15N3O/c13-8-9-7-11(3-4-12(9)14)15(5-6-16)10-1-2-10/h3-4,7,10,16H,1-2,5-6,14H2. The third-order valence-corrected chi connectivity index (χ3v) is 2.82. The van der Waals surface area contributed by atoms with E-state index in [4.69, 9.17) is 16.1 Å². The molecule has 1 aliphatic rings. The zero-order valence-electron chi connectivity index (χ0n) is 9.06. The van der Waals surface area contributed by atoms with Crippen molar-refractivity contribution in [1.29, 1.82) is 5.26 Å². The monoisotopic (exact) mass is 217 g/mol. The molecule has 1 aliphatic carbocycles. The fourth-order valence-electron chi connectivity index (χ4n) is 1.84. The van der Waals surface area contributed by atoms with E-state index in [1.165, 1.54) is 0 Å². The predicted octanol–water partition coefficient (Wildman–Crippen LogP) is 1.10. The van der Waals surface area contributed by atoms with E-state index < -0.39 is 0 Å². The van der Waals surface area contributed by atoms with Crippen molar-refractivity contribution in [2.45, 2.75) is 18.9 Å². The van der Waals surface area contributed by atoms with Crippen LogP contribution in [0.4, 0.5) is 11.4 Å². The Morgan fingerprint density at radius 2 is 2.25 bits per heavy atom. The first kappa shape index (κ1) is 10.8. The molecule has 1 saturated carbocycles. The Kier molecular flexibility index (Phi) is 2.97. The summed E-state index contributed by atoms with van der Waals surface area (Å²) >= 11 is 0. The van der Waals surface area contributed by atoms with Gasteiger partial charge in [0.15, 0.2) is 0 Å². The van der Waals surface area contributed by atoms with Crippen LogP contribution in [0.1, 0.15) is 18.4 Å². The summed E-state index contributed by atoms with van der Waals surface area (Å²) in [6, 6.07) is 8.05. The lowest BCUT2D eigenvalue weighted by Gasteiger charge is -2.24. The summed E-state index contributed by atoms with van der Waals surface area (Å²) in [6.07, 6.45) is 2.32. The SMILES string of the molecule is N#Cc1cc(N(CCO)C2CC2)ccc1N. The zero-order valence-corrected chi connectivity index (χ0v) is 9.06. The molecule has 0 unspecified atom stereocenters. The minimum absolute atomic E-state index is 0.128. The van der Waals surface area contributed by atoms with E-state index in [0.717, 1.165) is 18.5 Å². The first-order valence-corrected chi connectivity index (χ1v) is 5.43. The molecule has 2 rings (SSSR count). The van der Waals surface area contributed by atoms with Gasteiger partial charge in [0, 0.05) is 24.0 Å². The largest absolute Gasteiger partial charge is 0.398 e. The van der Waals surface area contributed by atoms with E-state index in [9.17, 15) is 0 Å². The van der Waals surface area contributed by atoms with Gasteiger partial charge in [-0.25, -0.2) is 0 Å². The Morgan fingerprint density at radius 1 is 1.50 bits per heavy atom. The molecule has 84 valence electrons. The average Bonchev–Trinajstić information content (AvgIpc) is 3.11. The second-order valence-electron chi connectivity index (χ2n) is 4.03. The number of benzene rings is 1. The van der Waals surface area contributed by atoms with E-state index in [1.54, 1.807) is 12.1 Å². The highest BCUT2D eigenvalue weighted by atomic mass is 16.3. The van der Waals surface area contributed by atoms with Gasteiger partial charge in [-0.3, -0.25) is 0 Å². The average molecular weight is 217 g/mol. The predicted molar refractivity (Wildman–Crippen MR) is 63.0 cm³/mol. The van der Waals surface area contributed by atoms with Crippen molar-refractivity contribution in [3.8, 4) is 6.07 Å². The number of aliphatic hydroxyl groups excluding tert-OH is 1. The molecule has 0 aromatic heterocycles. The minimum atomic E-state index is 0.128. The topological polar surface area (TPSA) is 73.3 Å². The number of aliphatic hydroxyl groups is 1. The Morgan fingerprint density at radius 3 is 2.81 bits per heavy atom. The molecular formula is C12H15N3O. The molecule has 16 heavy (non-hydrogen) atoms. The van der Waals surface area contributed by atoms with Gasteiger partial charge in [-0.15, -0.1) is 0 Å². The quantitative estimate of drug-likeness (QED) is 0.741. The summed E-state index contributed by atoms with van der Waals surface area (Å²) in [5, 5.41) is 17.9. The van der Waals surface area contributed by atoms with Gasteiger partial charge >= 0.3 is 0 Å². The Bertz CT molecular complexity index is 421. The van der Waals surface area contributed by atoms with E-state index in [0.29, 0.717) is 23.8 Å². The molecular weight excluding hydrogens is 202 g/mol. The molecule has 1 fully saturated rings.